The first kappa shape index (κ1) is 21.4. The SMILES string of the molecule is CCCCc1nc(Cl)c(CCl)n1Cc1ccc(-c2ccccc2)c(C(=O)OC)c1. The summed E-state index contributed by atoms with van der Waals surface area (Å²) in [6.45, 7) is 2.68. The Labute approximate surface area is 181 Å². The predicted octanol–water partition coefficient (Wildman–Crippen LogP) is 6.12. The Morgan fingerprint density at radius 2 is 1.93 bits per heavy atom. The maximum Gasteiger partial charge on any atom is 0.338 e. The van der Waals surface area contributed by atoms with Gasteiger partial charge < -0.3 is 9.30 Å². The number of hydrogen-bond acceptors (Lipinski definition) is 3. The molecule has 0 unspecified atom stereocenters. The van der Waals surface area contributed by atoms with Crippen molar-refractivity contribution in [2.75, 3.05) is 7.11 Å². The van der Waals surface area contributed by atoms with Crippen LogP contribution in [0, 0.1) is 0 Å². The summed E-state index contributed by atoms with van der Waals surface area (Å²) in [5.74, 6) is 0.835. The number of hydrogen-bond donors (Lipinski definition) is 0. The van der Waals surface area contributed by atoms with Crippen molar-refractivity contribution in [3.63, 3.8) is 0 Å². The molecule has 0 fully saturated rings. The van der Waals surface area contributed by atoms with Gasteiger partial charge in [-0.05, 0) is 29.2 Å². The second-order valence-corrected chi connectivity index (χ2v) is 7.45. The fourth-order valence-corrected chi connectivity index (χ4v) is 3.97. The van der Waals surface area contributed by atoms with E-state index in [2.05, 4.69) is 16.5 Å². The van der Waals surface area contributed by atoms with Gasteiger partial charge in [0.25, 0.3) is 0 Å². The van der Waals surface area contributed by atoms with E-state index in [-0.39, 0.29) is 11.8 Å². The van der Waals surface area contributed by atoms with Crippen LogP contribution in [-0.2, 0) is 23.6 Å². The molecule has 0 saturated carbocycles. The third kappa shape index (κ3) is 4.82. The van der Waals surface area contributed by atoms with Gasteiger partial charge in [0.1, 0.15) is 5.82 Å². The summed E-state index contributed by atoms with van der Waals surface area (Å²) in [6.07, 6.45) is 2.92. The van der Waals surface area contributed by atoms with E-state index in [9.17, 15) is 4.79 Å². The molecule has 2 aromatic carbocycles. The van der Waals surface area contributed by atoms with Gasteiger partial charge in [0.2, 0.25) is 0 Å². The first-order valence-electron chi connectivity index (χ1n) is 9.65. The number of ether oxygens (including phenoxy) is 1. The standard InChI is InChI=1S/C23H24Cl2N2O2/c1-3-4-10-21-26-22(25)20(14-24)27(21)15-16-11-12-18(17-8-6-5-7-9-17)19(13-16)23(28)29-2/h5-9,11-13H,3-4,10,14-15H2,1-2H3. The molecule has 0 N–H and O–H groups in total. The quantitative estimate of drug-likeness (QED) is 0.319. The number of alkyl halides is 1. The number of carbonyl (C=O) groups is 1. The zero-order chi connectivity index (χ0) is 20.8. The lowest BCUT2D eigenvalue weighted by Crippen LogP contribution is -2.10. The minimum absolute atomic E-state index is 0.282. The first-order chi connectivity index (χ1) is 14.1. The highest BCUT2D eigenvalue weighted by atomic mass is 35.5. The molecule has 0 bridgehead atoms. The molecular formula is C23H24Cl2N2O2. The minimum Gasteiger partial charge on any atom is -0.465 e. The van der Waals surface area contributed by atoms with E-state index >= 15 is 0 Å². The zero-order valence-corrected chi connectivity index (χ0v) is 18.1. The molecular weight excluding hydrogens is 407 g/mol. The summed E-state index contributed by atoms with van der Waals surface area (Å²) in [7, 11) is 1.40. The van der Waals surface area contributed by atoms with E-state index in [1.165, 1.54) is 7.11 Å². The highest BCUT2D eigenvalue weighted by molar-refractivity contribution is 6.31. The maximum atomic E-state index is 12.5. The molecule has 3 rings (SSSR count). The lowest BCUT2D eigenvalue weighted by atomic mass is 9.97. The molecule has 4 nitrogen and oxygen atoms in total. The van der Waals surface area contributed by atoms with Crippen molar-refractivity contribution >= 4 is 29.2 Å². The summed E-state index contributed by atoms with van der Waals surface area (Å²) in [5, 5.41) is 0.445. The Morgan fingerprint density at radius 1 is 1.17 bits per heavy atom. The number of benzene rings is 2. The van der Waals surface area contributed by atoms with Gasteiger partial charge in [0, 0.05) is 13.0 Å². The smallest absolute Gasteiger partial charge is 0.338 e. The van der Waals surface area contributed by atoms with Crippen LogP contribution in [0.25, 0.3) is 11.1 Å². The molecule has 1 heterocycles. The number of nitrogens with zero attached hydrogens (tertiary/aromatic N) is 2. The molecule has 0 aliphatic carbocycles. The van der Waals surface area contributed by atoms with Gasteiger partial charge in [-0.2, -0.15) is 0 Å². The number of halogens is 2. The lowest BCUT2D eigenvalue weighted by Gasteiger charge is -2.14. The van der Waals surface area contributed by atoms with E-state index in [0.717, 1.165) is 47.5 Å². The van der Waals surface area contributed by atoms with Crippen molar-refractivity contribution in [3.05, 3.63) is 76.3 Å². The van der Waals surface area contributed by atoms with Gasteiger partial charge in [-0.15, -0.1) is 11.6 Å². The monoisotopic (exact) mass is 430 g/mol. The van der Waals surface area contributed by atoms with Crippen molar-refractivity contribution in [1.82, 2.24) is 9.55 Å². The zero-order valence-electron chi connectivity index (χ0n) is 16.6. The molecule has 152 valence electrons. The van der Waals surface area contributed by atoms with Crippen molar-refractivity contribution < 1.29 is 9.53 Å². The molecule has 0 atom stereocenters. The van der Waals surface area contributed by atoms with Gasteiger partial charge in [0.05, 0.1) is 24.2 Å². The Hall–Kier alpha value is -2.30. The van der Waals surface area contributed by atoms with Crippen molar-refractivity contribution in [2.24, 2.45) is 0 Å². The van der Waals surface area contributed by atoms with Gasteiger partial charge >= 0.3 is 5.97 Å². The van der Waals surface area contributed by atoms with Crippen molar-refractivity contribution in [1.29, 1.82) is 0 Å². The second kappa shape index (κ2) is 9.95. The topological polar surface area (TPSA) is 44.1 Å². The summed E-state index contributed by atoms with van der Waals surface area (Å²) < 4.78 is 7.09. The molecule has 29 heavy (non-hydrogen) atoms. The van der Waals surface area contributed by atoms with Crippen LogP contribution < -0.4 is 0 Å². The average Bonchev–Trinajstić information content (AvgIpc) is 3.06. The van der Waals surface area contributed by atoms with Gasteiger partial charge in [-0.3, -0.25) is 0 Å². The normalized spacial score (nSPS) is 10.9. The first-order valence-corrected chi connectivity index (χ1v) is 10.6. The fourth-order valence-electron chi connectivity index (χ4n) is 3.37. The molecule has 0 spiro atoms. The van der Waals surface area contributed by atoms with Gasteiger partial charge in [-0.25, -0.2) is 9.78 Å². The summed E-state index contributed by atoms with van der Waals surface area (Å²) in [6, 6.07) is 15.7. The van der Waals surface area contributed by atoms with Crippen LogP contribution in [0.4, 0.5) is 0 Å². The van der Waals surface area contributed by atoms with E-state index in [1.54, 1.807) is 0 Å². The molecule has 0 amide bonds. The number of aryl methyl sites for hydroxylation is 1. The van der Waals surface area contributed by atoms with Crippen molar-refractivity contribution in [3.8, 4) is 11.1 Å². The second-order valence-electron chi connectivity index (χ2n) is 6.83. The van der Waals surface area contributed by atoms with E-state index < -0.39 is 0 Å². The largest absolute Gasteiger partial charge is 0.465 e. The predicted molar refractivity (Wildman–Crippen MR) is 118 cm³/mol. The summed E-state index contributed by atoms with van der Waals surface area (Å²) in [5.41, 5.74) is 4.10. The molecule has 1 aromatic heterocycles. The van der Waals surface area contributed by atoms with Gasteiger partial charge in [0.15, 0.2) is 5.15 Å². The Morgan fingerprint density at radius 3 is 2.59 bits per heavy atom. The van der Waals surface area contributed by atoms with Gasteiger partial charge in [-0.1, -0.05) is 67.4 Å². The summed E-state index contributed by atoms with van der Waals surface area (Å²) >= 11 is 12.5. The molecule has 0 saturated heterocycles. The minimum atomic E-state index is -0.363. The molecule has 0 radical (unpaired) electrons. The Bertz CT molecular complexity index is 984. The average molecular weight is 431 g/mol. The highest BCUT2D eigenvalue weighted by Crippen LogP contribution is 2.27. The van der Waals surface area contributed by atoms with E-state index in [4.69, 9.17) is 27.9 Å². The number of unbranched alkanes of at least 4 members (excludes halogenated alkanes) is 1. The number of aromatic nitrogens is 2. The van der Waals surface area contributed by atoms with E-state index in [1.807, 2.05) is 48.5 Å². The third-order valence-corrected chi connectivity index (χ3v) is 5.45. The molecule has 0 aliphatic heterocycles. The number of methoxy groups -OCH3 is 1. The lowest BCUT2D eigenvalue weighted by molar-refractivity contribution is 0.0601. The fraction of sp³-hybridized carbons (Fsp3) is 0.304. The number of carbonyl (C=O) groups excluding carboxylic acids is 1. The van der Waals surface area contributed by atoms with Crippen LogP contribution in [0.15, 0.2) is 48.5 Å². The molecule has 3 aromatic rings. The van der Waals surface area contributed by atoms with Crippen LogP contribution >= 0.6 is 23.2 Å². The summed E-state index contributed by atoms with van der Waals surface area (Å²) in [4.78, 5) is 17.0. The van der Waals surface area contributed by atoms with Crippen LogP contribution in [0.3, 0.4) is 0 Å². The van der Waals surface area contributed by atoms with Crippen LogP contribution in [-0.4, -0.2) is 22.6 Å². The number of rotatable bonds is 8. The maximum absolute atomic E-state index is 12.5. The van der Waals surface area contributed by atoms with Crippen molar-refractivity contribution in [2.45, 2.75) is 38.6 Å². The number of imidazole rings is 1. The molecule has 0 aliphatic rings. The number of esters is 1. The van der Waals surface area contributed by atoms with E-state index in [0.29, 0.717) is 17.3 Å². The van der Waals surface area contributed by atoms with Crippen LogP contribution in [0.2, 0.25) is 5.15 Å². The Kier molecular flexibility index (Phi) is 7.34. The van der Waals surface area contributed by atoms with Crippen LogP contribution in [0.1, 0.15) is 47.2 Å². The Balaban J connectivity index is 2.02. The van der Waals surface area contributed by atoms with Crippen LogP contribution in [0.5, 0.6) is 0 Å². The molecule has 6 heteroatoms. The highest BCUT2D eigenvalue weighted by Gasteiger charge is 2.18. The third-order valence-electron chi connectivity index (χ3n) is 4.90.